The predicted molar refractivity (Wildman–Crippen MR) is 38.5 cm³/mol. The molecule has 1 N–H and O–H groups in total. The smallest absolute Gasteiger partial charge is 0.0167 e. The van der Waals surface area contributed by atoms with Gasteiger partial charge in [0.1, 0.15) is 0 Å². The van der Waals surface area contributed by atoms with Crippen LogP contribution in [-0.4, -0.2) is 13.1 Å². The molecule has 0 aromatic heterocycles. The molecule has 0 amide bonds. The Morgan fingerprint density at radius 2 is 1.50 bits per heavy atom. The third-order valence-electron chi connectivity index (χ3n) is 1.51. The van der Waals surface area contributed by atoms with Gasteiger partial charge < -0.3 is 5.32 Å². The van der Waals surface area contributed by atoms with Crippen LogP contribution in [0.1, 0.15) is 13.8 Å². The summed E-state index contributed by atoms with van der Waals surface area (Å²) < 4.78 is 0. The van der Waals surface area contributed by atoms with E-state index in [1.54, 1.807) is 0 Å². The fourth-order valence-electron chi connectivity index (χ4n) is 0.739. The van der Waals surface area contributed by atoms with Gasteiger partial charge in [-0.05, 0) is 13.8 Å². The molecular formula is C6H12ClN. The summed E-state index contributed by atoms with van der Waals surface area (Å²) in [6, 6.07) is 0. The van der Waals surface area contributed by atoms with Gasteiger partial charge >= 0.3 is 0 Å². The van der Waals surface area contributed by atoms with Gasteiger partial charge in [-0.25, -0.2) is 0 Å². The van der Waals surface area contributed by atoms with Crippen LogP contribution in [0.5, 0.6) is 0 Å². The fourth-order valence-corrected chi connectivity index (χ4v) is 0.739. The van der Waals surface area contributed by atoms with Crippen LogP contribution < -0.4 is 5.32 Å². The van der Waals surface area contributed by atoms with Crippen LogP contribution in [0.4, 0.5) is 0 Å². The summed E-state index contributed by atoms with van der Waals surface area (Å²) in [5.41, 5.74) is 3.03. The van der Waals surface area contributed by atoms with Gasteiger partial charge in [-0.3, -0.25) is 0 Å². The molecule has 48 valence electrons. The van der Waals surface area contributed by atoms with Gasteiger partial charge in [-0.15, -0.1) is 12.4 Å². The lowest BCUT2D eigenvalue weighted by Gasteiger charge is -1.85. The molecular weight excluding hydrogens is 122 g/mol. The number of rotatable bonds is 0. The highest BCUT2D eigenvalue weighted by molar-refractivity contribution is 5.85. The summed E-state index contributed by atoms with van der Waals surface area (Å²) in [5, 5.41) is 3.25. The highest BCUT2D eigenvalue weighted by Crippen LogP contribution is 2.05. The van der Waals surface area contributed by atoms with E-state index in [0.717, 1.165) is 13.1 Å². The van der Waals surface area contributed by atoms with Gasteiger partial charge in [0.2, 0.25) is 0 Å². The first-order chi connectivity index (χ1) is 3.30. The van der Waals surface area contributed by atoms with Crippen molar-refractivity contribution in [2.24, 2.45) is 0 Å². The van der Waals surface area contributed by atoms with E-state index in [1.165, 1.54) is 11.1 Å². The molecule has 0 unspecified atom stereocenters. The van der Waals surface area contributed by atoms with Crippen LogP contribution in [0.25, 0.3) is 0 Å². The van der Waals surface area contributed by atoms with Crippen molar-refractivity contribution in [2.45, 2.75) is 13.8 Å². The van der Waals surface area contributed by atoms with Crippen molar-refractivity contribution < 1.29 is 0 Å². The third-order valence-corrected chi connectivity index (χ3v) is 1.51. The second-order valence-corrected chi connectivity index (χ2v) is 2.16. The van der Waals surface area contributed by atoms with Crippen LogP contribution in [0.3, 0.4) is 0 Å². The molecule has 2 heteroatoms. The molecule has 0 radical (unpaired) electrons. The molecule has 1 rings (SSSR count). The maximum atomic E-state index is 3.25. The van der Waals surface area contributed by atoms with Gasteiger partial charge in [0.15, 0.2) is 0 Å². The zero-order valence-corrected chi connectivity index (χ0v) is 6.14. The molecule has 1 aliphatic rings. The highest BCUT2D eigenvalue weighted by Gasteiger charge is 2.02. The lowest BCUT2D eigenvalue weighted by molar-refractivity contribution is 0.863. The fraction of sp³-hybridized carbons (Fsp3) is 0.667. The van der Waals surface area contributed by atoms with E-state index in [1.807, 2.05) is 0 Å². The molecule has 0 spiro atoms. The molecule has 0 fully saturated rings. The number of hydrogen-bond donors (Lipinski definition) is 1. The lowest BCUT2D eigenvalue weighted by atomic mass is 10.2. The first-order valence-electron chi connectivity index (χ1n) is 2.66. The number of nitrogens with one attached hydrogen (secondary N) is 1. The molecule has 0 saturated heterocycles. The van der Waals surface area contributed by atoms with Crippen molar-refractivity contribution >= 4 is 12.4 Å². The lowest BCUT2D eigenvalue weighted by Crippen LogP contribution is -2.07. The maximum absolute atomic E-state index is 3.25. The molecule has 0 aromatic carbocycles. The van der Waals surface area contributed by atoms with E-state index in [4.69, 9.17) is 0 Å². The van der Waals surface area contributed by atoms with Gasteiger partial charge in [-0.1, -0.05) is 11.1 Å². The molecule has 1 aliphatic heterocycles. The normalized spacial score (nSPS) is 18.8. The van der Waals surface area contributed by atoms with Crippen LogP contribution in [0.2, 0.25) is 0 Å². The van der Waals surface area contributed by atoms with Crippen LogP contribution in [0, 0.1) is 0 Å². The van der Waals surface area contributed by atoms with E-state index in [9.17, 15) is 0 Å². The Labute approximate surface area is 56.6 Å². The van der Waals surface area contributed by atoms with E-state index >= 15 is 0 Å². The zero-order chi connectivity index (χ0) is 5.28. The van der Waals surface area contributed by atoms with Crippen molar-refractivity contribution in [3.05, 3.63) is 11.1 Å². The minimum atomic E-state index is 0. The maximum Gasteiger partial charge on any atom is 0.0167 e. The van der Waals surface area contributed by atoms with Crippen LogP contribution in [-0.2, 0) is 0 Å². The van der Waals surface area contributed by atoms with Crippen molar-refractivity contribution in [3.63, 3.8) is 0 Å². The SMILES string of the molecule is CC1=C(C)CNC1.Cl. The van der Waals surface area contributed by atoms with Gasteiger partial charge in [0, 0.05) is 13.1 Å². The molecule has 0 aliphatic carbocycles. The Morgan fingerprint density at radius 3 is 1.62 bits per heavy atom. The quantitative estimate of drug-likeness (QED) is 0.492. The second kappa shape index (κ2) is 3.10. The molecule has 0 bridgehead atoms. The summed E-state index contributed by atoms with van der Waals surface area (Å²) in [6.45, 7) is 6.56. The molecule has 1 nitrogen and oxygen atoms in total. The first kappa shape index (κ1) is 7.99. The predicted octanol–water partition coefficient (Wildman–Crippen LogP) is 1.35. The molecule has 0 saturated carbocycles. The van der Waals surface area contributed by atoms with Crippen LogP contribution >= 0.6 is 12.4 Å². The summed E-state index contributed by atoms with van der Waals surface area (Å²) in [4.78, 5) is 0. The average Bonchev–Trinajstić information content (AvgIpc) is 1.91. The third kappa shape index (κ3) is 1.49. The highest BCUT2D eigenvalue weighted by atomic mass is 35.5. The Balaban J connectivity index is 0.000000490. The number of halogens is 1. The van der Waals surface area contributed by atoms with Crippen molar-refractivity contribution in [2.75, 3.05) is 13.1 Å². The topological polar surface area (TPSA) is 12.0 Å². The van der Waals surface area contributed by atoms with Crippen LogP contribution in [0.15, 0.2) is 11.1 Å². The Hall–Kier alpha value is -0.0100. The Kier molecular flexibility index (Phi) is 3.10. The summed E-state index contributed by atoms with van der Waals surface area (Å²) in [5.74, 6) is 0. The molecule has 8 heavy (non-hydrogen) atoms. The largest absolute Gasteiger partial charge is 0.309 e. The van der Waals surface area contributed by atoms with E-state index in [-0.39, 0.29) is 12.4 Å². The minimum absolute atomic E-state index is 0. The minimum Gasteiger partial charge on any atom is -0.309 e. The molecule has 1 heterocycles. The monoisotopic (exact) mass is 133 g/mol. The Bertz CT molecular complexity index is 95.1. The summed E-state index contributed by atoms with van der Waals surface area (Å²) in [7, 11) is 0. The molecule has 0 atom stereocenters. The van der Waals surface area contributed by atoms with Crippen molar-refractivity contribution in [1.82, 2.24) is 5.32 Å². The molecule has 0 aromatic rings. The van der Waals surface area contributed by atoms with Crippen molar-refractivity contribution in [3.8, 4) is 0 Å². The van der Waals surface area contributed by atoms with E-state index in [2.05, 4.69) is 19.2 Å². The van der Waals surface area contributed by atoms with Crippen molar-refractivity contribution in [1.29, 1.82) is 0 Å². The summed E-state index contributed by atoms with van der Waals surface area (Å²) in [6.07, 6.45) is 0. The Morgan fingerprint density at radius 1 is 1.12 bits per heavy atom. The summed E-state index contributed by atoms with van der Waals surface area (Å²) >= 11 is 0. The standard InChI is InChI=1S/C6H11N.ClH/c1-5-3-7-4-6(5)2;/h7H,3-4H2,1-2H3;1H. The zero-order valence-electron chi connectivity index (χ0n) is 5.32. The number of hydrogen-bond acceptors (Lipinski definition) is 1. The average molecular weight is 134 g/mol. The van der Waals surface area contributed by atoms with Gasteiger partial charge in [-0.2, -0.15) is 0 Å². The first-order valence-corrected chi connectivity index (χ1v) is 2.66. The van der Waals surface area contributed by atoms with Gasteiger partial charge in [0.05, 0.1) is 0 Å². The van der Waals surface area contributed by atoms with E-state index in [0.29, 0.717) is 0 Å². The van der Waals surface area contributed by atoms with Gasteiger partial charge in [0.25, 0.3) is 0 Å². The second-order valence-electron chi connectivity index (χ2n) is 2.16. The van der Waals surface area contributed by atoms with E-state index < -0.39 is 0 Å².